The third-order valence-corrected chi connectivity index (χ3v) is 4.53. The van der Waals surface area contributed by atoms with Crippen molar-refractivity contribution < 1.29 is 23.8 Å². The molecule has 1 aromatic carbocycles. The third-order valence-electron chi connectivity index (χ3n) is 3.61. The first-order chi connectivity index (χ1) is 13.0. The molecule has 0 saturated heterocycles. The molecule has 1 N–H and O–H groups in total. The molecule has 2 aromatic rings. The van der Waals surface area contributed by atoms with E-state index in [0.717, 1.165) is 5.56 Å². The van der Waals surface area contributed by atoms with Gasteiger partial charge in [0.25, 0.3) is 5.91 Å². The van der Waals surface area contributed by atoms with E-state index in [4.69, 9.17) is 14.2 Å². The highest BCUT2D eigenvalue weighted by Crippen LogP contribution is 2.38. The maximum atomic E-state index is 12.1. The van der Waals surface area contributed by atoms with Crippen LogP contribution in [0.15, 0.2) is 36.2 Å². The fraction of sp³-hybridized carbons (Fsp3) is 0.316. The molecule has 0 aliphatic heterocycles. The van der Waals surface area contributed by atoms with Gasteiger partial charge in [0, 0.05) is 11.9 Å². The van der Waals surface area contributed by atoms with Crippen LogP contribution < -0.4 is 14.8 Å². The molecule has 1 amide bonds. The Labute approximate surface area is 162 Å². The van der Waals surface area contributed by atoms with Crippen LogP contribution in [0.1, 0.15) is 12.6 Å². The second-order valence-corrected chi connectivity index (χ2v) is 6.39. The summed E-state index contributed by atoms with van der Waals surface area (Å²) in [5.41, 5.74) is 1.34. The molecule has 2 rings (SSSR count). The molecular weight excluding hydrogens is 368 g/mol. The lowest BCUT2D eigenvalue weighted by Crippen LogP contribution is -2.36. The number of thiazole rings is 1. The monoisotopic (exact) mass is 390 g/mol. The summed E-state index contributed by atoms with van der Waals surface area (Å²) >= 11 is 1.38. The number of amides is 1. The standard InChI is InChI=1S/C19H22N2O5S/c1-5-9-20-18(23)12(2)26-16(22)10-13-11-27-19(21-13)14-7-6-8-15(24-3)17(14)25-4/h5-8,11-12H,1,9-10H2,2-4H3,(H,20,23)/t12-/m0/s1. The molecule has 0 bridgehead atoms. The number of para-hydroxylation sites is 1. The van der Waals surface area contributed by atoms with E-state index in [2.05, 4.69) is 16.9 Å². The van der Waals surface area contributed by atoms with Gasteiger partial charge in [-0.25, -0.2) is 4.98 Å². The van der Waals surface area contributed by atoms with Crippen LogP contribution in [-0.4, -0.2) is 43.7 Å². The second-order valence-electron chi connectivity index (χ2n) is 5.53. The highest BCUT2D eigenvalue weighted by atomic mass is 32.1. The van der Waals surface area contributed by atoms with E-state index in [0.29, 0.717) is 28.7 Å². The summed E-state index contributed by atoms with van der Waals surface area (Å²) in [5, 5.41) is 5.05. The van der Waals surface area contributed by atoms with E-state index in [-0.39, 0.29) is 12.3 Å². The molecule has 144 valence electrons. The van der Waals surface area contributed by atoms with Crippen LogP contribution in [0.5, 0.6) is 11.5 Å². The molecule has 1 heterocycles. The Kier molecular flexibility index (Phi) is 7.36. The van der Waals surface area contributed by atoms with E-state index in [1.807, 2.05) is 12.1 Å². The van der Waals surface area contributed by atoms with Gasteiger partial charge in [-0.1, -0.05) is 12.1 Å². The zero-order valence-electron chi connectivity index (χ0n) is 15.5. The van der Waals surface area contributed by atoms with Crippen LogP contribution >= 0.6 is 11.3 Å². The van der Waals surface area contributed by atoms with Gasteiger partial charge < -0.3 is 19.5 Å². The van der Waals surface area contributed by atoms with Crippen LogP contribution in [-0.2, 0) is 20.7 Å². The Morgan fingerprint density at radius 2 is 2.11 bits per heavy atom. The molecule has 8 heteroatoms. The summed E-state index contributed by atoms with van der Waals surface area (Å²) in [6, 6.07) is 5.51. The maximum absolute atomic E-state index is 12.1. The topological polar surface area (TPSA) is 86.8 Å². The van der Waals surface area contributed by atoms with Crippen molar-refractivity contribution in [3.8, 4) is 22.1 Å². The van der Waals surface area contributed by atoms with Gasteiger partial charge in [0.05, 0.1) is 31.9 Å². The number of nitrogens with one attached hydrogen (secondary N) is 1. The van der Waals surface area contributed by atoms with Crippen molar-refractivity contribution in [3.63, 3.8) is 0 Å². The lowest BCUT2D eigenvalue weighted by atomic mass is 10.2. The fourth-order valence-corrected chi connectivity index (χ4v) is 3.17. The van der Waals surface area contributed by atoms with E-state index in [1.54, 1.807) is 31.7 Å². The van der Waals surface area contributed by atoms with Gasteiger partial charge in [-0.05, 0) is 19.1 Å². The largest absolute Gasteiger partial charge is 0.493 e. The van der Waals surface area contributed by atoms with Gasteiger partial charge in [0.1, 0.15) is 5.01 Å². The van der Waals surface area contributed by atoms with E-state index in [1.165, 1.54) is 18.3 Å². The zero-order valence-corrected chi connectivity index (χ0v) is 16.3. The number of hydrogen-bond acceptors (Lipinski definition) is 7. The number of rotatable bonds is 9. The predicted molar refractivity (Wildman–Crippen MR) is 103 cm³/mol. The number of aromatic nitrogens is 1. The van der Waals surface area contributed by atoms with E-state index in [9.17, 15) is 9.59 Å². The number of hydrogen-bond donors (Lipinski definition) is 1. The lowest BCUT2D eigenvalue weighted by molar-refractivity contribution is -0.154. The molecule has 0 unspecified atom stereocenters. The molecule has 1 atom stereocenters. The molecular formula is C19H22N2O5S. The Hall–Kier alpha value is -2.87. The number of esters is 1. The Morgan fingerprint density at radius 3 is 2.78 bits per heavy atom. The number of carbonyl (C=O) groups is 2. The number of nitrogens with zero attached hydrogens (tertiary/aromatic N) is 1. The second kappa shape index (κ2) is 9.72. The van der Waals surface area contributed by atoms with Crippen molar-refractivity contribution in [2.45, 2.75) is 19.4 Å². The number of methoxy groups -OCH3 is 2. The van der Waals surface area contributed by atoms with Crippen LogP contribution in [0.2, 0.25) is 0 Å². The summed E-state index contributed by atoms with van der Waals surface area (Å²) in [6.45, 7) is 5.35. The van der Waals surface area contributed by atoms with Gasteiger partial charge in [-0.3, -0.25) is 9.59 Å². The van der Waals surface area contributed by atoms with Gasteiger partial charge in [-0.15, -0.1) is 17.9 Å². The Balaban J connectivity index is 2.05. The molecule has 1 aromatic heterocycles. The molecule has 7 nitrogen and oxygen atoms in total. The van der Waals surface area contributed by atoms with E-state index >= 15 is 0 Å². The first-order valence-electron chi connectivity index (χ1n) is 8.24. The van der Waals surface area contributed by atoms with Crippen LogP contribution in [0.3, 0.4) is 0 Å². The normalized spacial score (nSPS) is 11.4. The molecule has 0 spiro atoms. The molecule has 0 aliphatic carbocycles. The van der Waals surface area contributed by atoms with Crippen molar-refractivity contribution in [1.82, 2.24) is 10.3 Å². The van der Waals surface area contributed by atoms with Gasteiger partial charge in [-0.2, -0.15) is 0 Å². The summed E-state index contributed by atoms with van der Waals surface area (Å²) < 4.78 is 15.9. The minimum Gasteiger partial charge on any atom is -0.493 e. The maximum Gasteiger partial charge on any atom is 0.312 e. The van der Waals surface area contributed by atoms with Crippen molar-refractivity contribution in [3.05, 3.63) is 41.9 Å². The molecule has 0 fully saturated rings. The van der Waals surface area contributed by atoms with Crippen molar-refractivity contribution in [2.24, 2.45) is 0 Å². The first-order valence-corrected chi connectivity index (χ1v) is 9.12. The fourth-order valence-electron chi connectivity index (χ4n) is 2.32. The molecule has 0 aliphatic rings. The van der Waals surface area contributed by atoms with Crippen LogP contribution in [0.25, 0.3) is 10.6 Å². The predicted octanol–water partition coefficient (Wildman–Crippen LogP) is 2.60. The van der Waals surface area contributed by atoms with Crippen LogP contribution in [0, 0.1) is 0 Å². The average molecular weight is 390 g/mol. The molecule has 0 saturated carbocycles. The zero-order chi connectivity index (χ0) is 19.8. The molecule has 0 radical (unpaired) electrons. The first kappa shape index (κ1) is 20.4. The Bertz CT molecular complexity index is 818. The van der Waals surface area contributed by atoms with Crippen molar-refractivity contribution in [2.75, 3.05) is 20.8 Å². The number of carbonyl (C=O) groups excluding carboxylic acids is 2. The van der Waals surface area contributed by atoms with Crippen LogP contribution in [0.4, 0.5) is 0 Å². The SMILES string of the molecule is C=CCNC(=O)[C@H](C)OC(=O)Cc1csc(-c2cccc(OC)c2OC)n1. The van der Waals surface area contributed by atoms with Crippen molar-refractivity contribution >= 4 is 23.2 Å². The summed E-state index contributed by atoms with van der Waals surface area (Å²) in [7, 11) is 3.13. The number of ether oxygens (including phenoxy) is 3. The minimum absolute atomic E-state index is 0.0259. The smallest absolute Gasteiger partial charge is 0.312 e. The highest BCUT2D eigenvalue weighted by Gasteiger charge is 2.19. The summed E-state index contributed by atoms with van der Waals surface area (Å²) in [5.74, 6) is 0.288. The average Bonchev–Trinajstić information content (AvgIpc) is 3.13. The Morgan fingerprint density at radius 1 is 1.33 bits per heavy atom. The third kappa shape index (κ3) is 5.30. The minimum atomic E-state index is -0.881. The lowest BCUT2D eigenvalue weighted by Gasteiger charge is -2.12. The quantitative estimate of drug-likeness (QED) is 0.523. The highest BCUT2D eigenvalue weighted by molar-refractivity contribution is 7.13. The van der Waals surface area contributed by atoms with Gasteiger partial charge >= 0.3 is 5.97 Å². The van der Waals surface area contributed by atoms with E-state index < -0.39 is 12.1 Å². The van der Waals surface area contributed by atoms with Gasteiger partial charge in [0.15, 0.2) is 17.6 Å². The van der Waals surface area contributed by atoms with Crippen molar-refractivity contribution in [1.29, 1.82) is 0 Å². The number of benzene rings is 1. The summed E-state index contributed by atoms with van der Waals surface area (Å²) in [6.07, 6.45) is 0.645. The van der Waals surface area contributed by atoms with Gasteiger partial charge in [0.2, 0.25) is 0 Å². The molecule has 27 heavy (non-hydrogen) atoms. The summed E-state index contributed by atoms with van der Waals surface area (Å²) in [4.78, 5) is 28.3.